The zero-order chi connectivity index (χ0) is 23.4. The lowest BCUT2D eigenvalue weighted by Crippen LogP contribution is -2.11. The Bertz CT molecular complexity index is 1270. The summed E-state index contributed by atoms with van der Waals surface area (Å²) in [6.45, 7) is 2.33. The van der Waals surface area contributed by atoms with Gasteiger partial charge in [-0.15, -0.1) is 16.4 Å². The molecule has 0 radical (unpaired) electrons. The van der Waals surface area contributed by atoms with Crippen molar-refractivity contribution < 1.29 is 14.3 Å². The Hall–Kier alpha value is -3.14. The number of methoxy groups -OCH3 is 1. The van der Waals surface area contributed by atoms with E-state index in [1.165, 1.54) is 11.3 Å². The first-order valence-electron chi connectivity index (χ1n) is 9.90. The van der Waals surface area contributed by atoms with Crippen molar-refractivity contribution in [3.05, 3.63) is 69.1 Å². The van der Waals surface area contributed by atoms with Crippen LogP contribution in [0.15, 0.2) is 47.8 Å². The molecule has 0 unspecified atom stereocenters. The normalized spacial score (nSPS) is 10.8. The van der Waals surface area contributed by atoms with Crippen molar-refractivity contribution in [3.63, 3.8) is 0 Å². The van der Waals surface area contributed by atoms with Gasteiger partial charge in [-0.2, -0.15) is 0 Å². The lowest BCUT2D eigenvalue weighted by Gasteiger charge is -2.09. The molecule has 2 heterocycles. The number of carbonyl (C=O) groups is 1. The summed E-state index contributed by atoms with van der Waals surface area (Å²) < 4.78 is 11.9. The first-order chi connectivity index (χ1) is 16.0. The quantitative estimate of drug-likeness (QED) is 0.309. The van der Waals surface area contributed by atoms with Gasteiger partial charge in [0.15, 0.2) is 5.82 Å². The molecule has 2 aromatic carbocycles. The molecule has 11 heteroatoms. The topological polar surface area (TPSA) is 91.2 Å². The highest BCUT2D eigenvalue weighted by atomic mass is 35.5. The van der Waals surface area contributed by atoms with Gasteiger partial charge in [0.2, 0.25) is 5.69 Å². The third-order valence-electron chi connectivity index (χ3n) is 4.61. The SMILES string of the molecule is CCOC(=O)c1nnn(Cc2ccc(OC)cc2)c1Nc1csc(-c2ccc(Cl)c(Cl)c2)n1. The van der Waals surface area contributed by atoms with Gasteiger partial charge in [-0.3, -0.25) is 0 Å². The van der Waals surface area contributed by atoms with E-state index in [1.54, 1.807) is 30.8 Å². The fraction of sp³-hybridized carbons (Fsp3) is 0.182. The monoisotopic (exact) mass is 503 g/mol. The molecule has 0 amide bonds. The Morgan fingerprint density at radius 1 is 1.15 bits per heavy atom. The maximum atomic E-state index is 12.5. The van der Waals surface area contributed by atoms with E-state index in [9.17, 15) is 4.79 Å². The van der Waals surface area contributed by atoms with Gasteiger partial charge in [-0.05, 0) is 36.8 Å². The van der Waals surface area contributed by atoms with Crippen molar-refractivity contribution in [1.29, 1.82) is 0 Å². The minimum Gasteiger partial charge on any atom is -0.497 e. The molecule has 0 bridgehead atoms. The van der Waals surface area contributed by atoms with E-state index >= 15 is 0 Å². The van der Waals surface area contributed by atoms with Crippen LogP contribution in [0.5, 0.6) is 5.75 Å². The number of benzene rings is 2. The van der Waals surface area contributed by atoms with E-state index in [0.717, 1.165) is 21.9 Å². The van der Waals surface area contributed by atoms with Gasteiger partial charge in [-0.1, -0.05) is 46.6 Å². The summed E-state index contributed by atoms with van der Waals surface area (Å²) >= 11 is 13.6. The third-order valence-corrected chi connectivity index (χ3v) is 6.24. The Kier molecular flexibility index (Phi) is 7.12. The van der Waals surface area contributed by atoms with Crippen molar-refractivity contribution >= 4 is 52.1 Å². The van der Waals surface area contributed by atoms with E-state index in [2.05, 4.69) is 20.6 Å². The molecule has 4 rings (SSSR count). The van der Waals surface area contributed by atoms with Crippen LogP contribution in [0.25, 0.3) is 10.6 Å². The van der Waals surface area contributed by atoms with Crippen LogP contribution in [0.1, 0.15) is 23.0 Å². The van der Waals surface area contributed by atoms with E-state index < -0.39 is 5.97 Å². The average Bonchev–Trinajstić information content (AvgIpc) is 3.44. The van der Waals surface area contributed by atoms with E-state index in [0.29, 0.717) is 28.2 Å². The number of thiazole rings is 1. The highest BCUT2D eigenvalue weighted by molar-refractivity contribution is 7.13. The first kappa shape index (κ1) is 23.0. The van der Waals surface area contributed by atoms with Crippen LogP contribution in [-0.2, 0) is 11.3 Å². The predicted molar refractivity (Wildman–Crippen MR) is 129 cm³/mol. The summed E-state index contributed by atoms with van der Waals surface area (Å²) in [5.41, 5.74) is 1.86. The molecule has 0 aliphatic heterocycles. The second-order valence-electron chi connectivity index (χ2n) is 6.80. The number of aromatic nitrogens is 4. The molecule has 0 fully saturated rings. The second-order valence-corrected chi connectivity index (χ2v) is 8.48. The van der Waals surface area contributed by atoms with E-state index in [-0.39, 0.29) is 12.3 Å². The van der Waals surface area contributed by atoms with Crippen molar-refractivity contribution in [2.45, 2.75) is 13.5 Å². The second kappa shape index (κ2) is 10.2. The summed E-state index contributed by atoms with van der Waals surface area (Å²) in [4.78, 5) is 17.1. The average molecular weight is 504 g/mol. The lowest BCUT2D eigenvalue weighted by atomic mass is 10.2. The van der Waals surface area contributed by atoms with Gasteiger partial charge < -0.3 is 14.8 Å². The molecule has 0 atom stereocenters. The fourth-order valence-corrected chi connectivity index (χ4v) is 4.05. The molecular weight excluding hydrogens is 485 g/mol. The van der Waals surface area contributed by atoms with Gasteiger partial charge in [0.05, 0.1) is 30.3 Å². The molecule has 33 heavy (non-hydrogen) atoms. The molecule has 2 aromatic heterocycles. The molecule has 4 aromatic rings. The van der Waals surface area contributed by atoms with Crippen molar-refractivity contribution in [3.8, 4) is 16.3 Å². The number of halogens is 2. The van der Waals surface area contributed by atoms with Crippen molar-refractivity contribution in [2.24, 2.45) is 0 Å². The summed E-state index contributed by atoms with van der Waals surface area (Å²) in [5.74, 6) is 1.10. The number of hydrogen-bond donors (Lipinski definition) is 1. The number of ether oxygens (including phenoxy) is 2. The molecular formula is C22H19Cl2N5O3S. The van der Waals surface area contributed by atoms with Gasteiger partial charge in [-0.25, -0.2) is 14.5 Å². The molecule has 0 saturated carbocycles. The molecule has 0 aliphatic rings. The minimum absolute atomic E-state index is 0.0782. The summed E-state index contributed by atoms with van der Waals surface area (Å²) in [5, 5.41) is 14.9. The molecule has 0 saturated heterocycles. The van der Waals surface area contributed by atoms with Crippen molar-refractivity contribution in [1.82, 2.24) is 20.0 Å². The molecule has 170 valence electrons. The number of nitrogens with zero attached hydrogens (tertiary/aromatic N) is 4. The number of esters is 1. The maximum absolute atomic E-state index is 12.5. The molecule has 0 aliphatic carbocycles. The van der Waals surface area contributed by atoms with Crippen LogP contribution in [0, 0.1) is 0 Å². The summed E-state index contributed by atoms with van der Waals surface area (Å²) in [7, 11) is 1.61. The van der Waals surface area contributed by atoms with E-state index in [4.69, 9.17) is 32.7 Å². The van der Waals surface area contributed by atoms with Gasteiger partial charge in [0.1, 0.15) is 16.6 Å². The molecule has 8 nitrogen and oxygen atoms in total. The number of rotatable bonds is 8. The highest BCUT2D eigenvalue weighted by Crippen LogP contribution is 2.32. The number of hydrogen-bond acceptors (Lipinski definition) is 8. The smallest absolute Gasteiger partial charge is 0.362 e. The largest absolute Gasteiger partial charge is 0.497 e. The third kappa shape index (κ3) is 5.27. The van der Waals surface area contributed by atoms with Crippen LogP contribution in [0.4, 0.5) is 11.6 Å². The van der Waals surface area contributed by atoms with Gasteiger partial charge in [0.25, 0.3) is 0 Å². The van der Waals surface area contributed by atoms with E-state index in [1.807, 2.05) is 35.7 Å². The lowest BCUT2D eigenvalue weighted by molar-refractivity contribution is 0.0520. The number of carbonyl (C=O) groups excluding carboxylic acids is 1. The Balaban J connectivity index is 1.63. The Morgan fingerprint density at radius 3 is 2.64 bits per heavy atom. The minimum atomic E-state index is -0.569. The summed E-state index contributed by atoms with van der Waals surface area (Å²) in [6.07, 6.45) is 0. The van der Waals surface area contributed by atoms with Crippen LogP contribution in [0.2, 0.25) is 10.0 Å². The maximum Gasteiger partial charge on any atom is 0.362 e. The Morgan fingerprint density at radius 2 is 1.94 bits per heavy atom. The molecule has 1 N–H and O–H groups in total. The van der Waals surface area contributed by atoms with Crippen LogP contribution in [-0.4, -0.2) is 39.7 Å². The van der Waals surface area contributed by atoms with Crippen molar-refractivity contribution in [2.75, 3.05) is 19.0 Å². The Labute approximate surface area is 204 Å². The zero-order valence-corrected chi connectivity index (χ0v) is 20.0. The zero-order valence-electron chi connectivity index (χ0n) is 17.7. The number of anilines is 2. The van der Waals surface area contributed by atoms with Crippen LogP contribution < -0.4 is 10.1 Å². The van der Waals surface area contributed by atoms with Gasteiger partial charge >= 0.3 is 5.97 Å². The standard InChI is InChI=1S/C22H19Cl2N5O3S/c1-3-32-22(30)19-20(29(28-27-19)11-13-4-7-15(31-2)8-5-13)25-18-12-33-21(26-18)14-6-9-16(23)17(24)10-14/h4-10,12,25H,3,11H2,1-2H3. The van der Waals surface area contributed by atoms with Crippen LogP contribution >= 0.6 is 34.5 Å². The fourth-order valence-electron chi connectivity index (χ4n) is 3.00. The first-order valence-corrected chi connectivity index (χ1v) is 11.5. The summed E-state index contributed by atoms with van der Waals surface area (Å²) in [6, 6.07) is 12.9. The predicted octanol–water partition coefficient (Wildman–Crippen LogP) is 5.69. The highest BCUT2D eigenvalue weighted by Gasteiger charge is 2.22. The van der Waals surface area contributed by atoms with Gasteiger partial charge in [0, 0.05) is 10.9 Å². The molecule has 0 spiro atoms. The van der Waals surface area contributed by atoms with Crippen LogP contribution in [0.3, 0.4) is 0 Å². The number of nitrogens with one attached hydrogen (secondary N) is 1.